The maximum Gasteiger partial charge on any atom is 0.324 e. The molecule has 0 fully saturated rings. The van der Waals surface area contributed by atoms with Crippen molar-refractivity contribution in [2.45, 2.75) is 6.54 Å². The number of rotatable bonds is 3. The van der Waals surface area contributed by atoms with Crippen LogP contribution in [0.5, 0.6) is 5.75 Å². The van der Waals surface area contributed by atoms with Crippen molar-refractivity contribution in [1.82, 2.24) is 3.96 Å². The molecule has 1 N–H and O–H groups in total. The van der Waals surface area contributed by atoms with Gasteiger partial charge in [-0.2, -0.15) is 0 Å². The molecule has 0 aliphatic rings. The van der Waals surface area contributed by atoms with Crippen LogP contribution in [0.15, 0.2) is 18.2 Å². The molecule has 4 nitrogen and oxygen atoms in total. The first-order valence-electron chi connectivity index (χ1n) is 4.06. The lowest BCUT2D eigenvalue weighted by atomic mass is 10.3. The van der Waals surface area contributed by atoms with Crippen LogP contribution in [0.25, 0.3) is 10.2 Å². The summed E-state index contributed by atoms with van der Waals surface area (Å²) >= 11 is 1.44. The third-order valence-corrected chi connectivity index (χ3v) is 3.01. The highest BCUT2D eigenvalue weighted by Crippen LogP contribution is 2.28. The summed E-state index contributed by atoms with van der Waals surface area (Å²) in [6.07, 6.45) is 0. The van der Waals surface area contributed by atoms with Crippen molar-refractivity contribution < 1.29 is 14.6 Å². The standard InChI is InChI=1S/C9H9NO3S/c1-13-6-2-3-8-7(4-6)10(14-8)5-9(11)12/h2-4H,5H2,1H3,(H,11,12). The molecule has 2 rings (SSSR count). The van der Waals surface area contributed by atoms with Gasteiger partial charge in [-0.15, -0.1) is 0 Å². The molecule has 74 valence electrons. The first kappa shape index (κ1) is 9.08. The lowest BCUT2D eigenvalue weighted by Gasteiger charge is -2.13. The van der Waals surface area contributed by atoms with Gasteiger partial charge in [0.2, 0.25) is 0 Å². The van der Waals surface area contributed by atoms with Crippen LogP contribution >= 0.6 is 11.5 Å². The number of carbonyl (C=O) groups is 1. The van der Waals surface area contributed by atoms with Gasteiger partial charge in [-0.25, -0.2) is 0 Å². The summed E-state index contributed by atoms with van der Waals surface area (Å²) in [6, 6.07) is 5.63. The number of hydrogen-bond donors (Lipinski definition) is 1. The molecule has 5 heteroatoms. The monoisotopic (exact) mass is 211 g/mol. The van der Waals surface area contributed by atoms with Crippen molar-refractivity contribution in [3.63, 3.8) is 0 Å². The normalized spacial score (nSPS) is 10.6. The minimum Gasteiger partial charge on any atom is -0.497 e. The Morgan fingerprint density at radius 2 is 2.43 bits per heavy atom. The first-order valence-corrected chi connectivity index (χ1v) is 4.83. The third kappa shape index (κ3) is 1.46. The third-order valence-electron chi connectivity index (χ3n) is 1.92. The van der Waals surface area contributed by atoms with E-state index in [1.165, 1.54) is 11.5 Å². The van der Waals surface area contributed by atoms with Crippen molar-refractivity contribution in [2.75, 3.05) is 7.11 Å². The van der Waals surface area contributed by atoms with Crippen LogP contribution in [0, 0.1) is 0 Å². The maximum atomic E-state index is 10.5. The largest absolute Gasteiger partial charge is 0.497 e. The summed E-state index contributed by atoms with van der Waals surface area (Å²) in [5.74, 6) is -0.0783. The minimum atomic E-state index is -0.828. The first-order chi connectivity index (χ1) is 6.70. The molecule has 0 aliphatic carbocycles. The molecule has 0 spiro atoms. The summed E-state index contributed by atoms with van der Waals surface area (Å²) in [4.78, 5) is 10.5. The second kappa shape index (κ2) is 3.34. The van der Waals surface area contributed by atoms with Crippen molar-refractivity contribution in [2.24, 2.45) is 0 Å². The van der Waals surface area contributed by atoms with Gasteiger partial charge in [-0.3, -0.25) is 8.75 Å². The van der Waals surface area contributed by atoms with Crippen LogP contribution in [0.2, 0.25) is 0 Å². The van der Waals surface area contributed by atoms with Gasteiger partial charge < -0.3 is 9.84 Å². The maximum absolute atomic E-state index is 10.5. The van der Waals surface area contributed by atoms with Crippen LogP contribution in [-0.2, 0) is 11.3 Å². The van der Waals surface area contributed by atoms with Gasteiger partial charge in [0.25, 0.3) is 0 Å². The fourth-order valence-corrected chi connectivity index (χ4v) is 2.19. The van der Waals surface area contributed by atoms with Gasteiger partial charge >= 0.3 is 5.97 Å². The predicted octanol–water partition coefficient (Wildman–Crippen LogP) is 1.80. The van der Waals surface area contributed by atoms with Gasteiger partial charge in [0.1, 0.15) is 12.3 Å². The van der Waals surface area contributed by atoms with E-state index < -0.39 is 5.97 Å². The minimum absolute atomic E-state index is 0.0187. The van der Waals surface area contributed by atoms with Crippen LogP contribution in [0.3, 0.4) is 0 Å². The van der Waals surface area contributed by atoms with E-state index >= 15 is 0 Å². The second-order valence-corrected chi connectivity index (χ2v) is 3.92. The van der Waals surface area contributed by atoms with Crippen molar-refractivity contribution in [1.29, 1.82) is 0 Å². The Labute approximate surface area is 84.5 Å². The topological polar surface area (TPSA) is 51.5 Å². The number of carboxylic acid groups (broad SMARTS) is 1. The Bertz CT molecular complexity index is 471. The average Bonchev–Trinajstić information content (AvgIpc) is 2.14. The smallest absolute Gasteiger partial charge is 0.324 e. The molecule has 14 heavy (non-hydrogen) atoms. The molecule has 0 saturated carbocycles. The summed E-state index contributed by atoms with van der Waals surface area (Å²) in [5, 5.41) is 8.61. The Kier molecular flexibility index (Phi) is 2.17. The fraction of sp³-hybridized carbons (Fsp3) is 0.222. The van der Waals surface area contributed by atoms with Gasteiger partial charge in [0, 0.05) is 6.07 Å². The number of benzene rings is 1. The van der Waals surface area contributed by atoms with Crippen molar-refractivity contribution >= 4 is 27.7 Å². The Morgan fingerprint density at radius 3 is 3.07 bits per heavy atom. The van der Waals surface area contributed by atoms with E-state index in [9.17, 15) is 4.79 Å². The highest BCUT2D eigenvalue weighted by Gasteiger charge is 2.09. The average molecular weight is 211 g/mol. The molecule has 1 aromatic carbocycles. The summed E-state index contributed by atoms with van der Waals surface area (Å²) in [5.41, 5.74) is 0.928. The number of ether oxygens (including phenoxy) is 1. The molecule has 0 unspecified atom stereocenters. The molecule has 0 radical (unpaired) electrons. The molecular formula is C9H9NO3S. The predicted molar refractivity (Wildman–Crippen MR) is 54.0 cm³/mol. The highest BCUT2D eigenvalue weighted by molar-refractivity contribution is 7.16. The molecule has 2 aromatic rings. The van der Waals surface area contributed by atoms with E-state index in [1.54, 1.807) is 11.1 Å². The summed E-state index contributed by atoms with van der Waals surface area (Å²) < 4.78 is 7.87. The number of aromatic nitrogens is 1. The Morgan fingerprint density at radius 1 is 1.64 bits per heavy atom. The van der Waals surface area contributed by atoms with Gasteiger partial charge in [0.05, 0.1) is 17.3 Å². The number of aliphatic carboxylic acids is 1. The lowest BCUT2D eigenvalue weighted by Crippen LogP contribution is -2.09. The molecule has 0 amide bonds. The number of hydrogen-bond acceptors (Lipinski definition) is 3. The fourth-order valence-electron chi connectivity index (χ4n) is 1.27. The molecule has 0 bridgehead atoms. The van der Waals surface area contributed by atoms with Crippen molar-refractivity contribution in [3.05, 3.63) is 18.2 Å². The lowest BCUT2D eigenvalue weighted by molar-refractivity contribution is -0.137. The number of carboxylic acids is 1. The number of fused-ring (bicyclic) bond motifs is 1. The van der Waals surface area contributed by atoms with Crippen LogP contribution < -0.4 is 4.74 Å². The molecule has 1 heterocycles. The molecule has 0 saturated heterocycles. The van der Waals surface area contributed by atoms with Gasteiger partial charge in [0.15, 0.2) is 0 Å². The van der Waals surface area contributed by atoms with E-state index in [-0.39, 0.29) is 6.54 Å². The van der Waals surface area contributed by atoms with E-state index in [0.717, 1.165) is 16.0 Å². The van der Waals surface area contributed by atoms with E-state index in [2.05, 4.69) is 0 Å². The zero-order chi connectivity index (χ0) is 10.1. The molecule has 1 aromatic heterocycles. The highest BCUT2D eigenvalue weighted by atomic mass is 32.1. The van der Waals surface area contributed by atoms with Crippen LogP contribution in [0.4, 0.5) is 0 Å². The van der Waals surface area contributed by atoms with Crippen molar-refractivity contribution in [3.8, 4) is 5.75 Å². The molecule has 0 aliphatic heterocycles. The van der Waals surface area contributed by atoms with Gasteiger partial charge in [-0.05, 0) is 12.1 Å². The number of nitrogens with zero attached hydrogens (tertiary/aromatic N) is 1. The summed E-state index contributed by atoms with van der Waals surface area (Å²) in [7, 11) is 1.59. The zero-order valence-corrected chi connectivity index (χ0v) is 8.37. The van der Waals surface area contributed by atoms with E-state index in [1.807, 2.05) is 18.2 Å². The zero-order valence-electron chi connectivity index (χ0n) is 7.56. The molecular weight excluding hydrogens is 202 g/mol. The Balaban J connectivity index is 2.36. The second-order valence-electron chi connectivity index (χ2n) is 2.86. The Hall–Kier alpha value is -1.49. The number of methoxy groups -OCH3 is 1. The van der Waals surface area contributed by atoms with Crippen LogP contribution in [-0.4, -0.2) is 22.1 Å². The quantitative estimate of drug-likeness (QED) is 0.842. The summed E-state index contributed by atoms with van der Waals surface area (Å²) in [6.45, 7) is 0.0187. The van der Waals surface area contributed by atoms with Gasteiger partial charge in [-0.1, -0.05) is 11.5 Å². The SMILES string of the molecule is COc1ccc2sn(CC(=O)O)c2c1. The molecule has 0 atom stereocenters. The van der Waals surface area contributed by atoms with Crippen LogP contribution in [0.1, 0.15) is 0 Å². The van der Waals surface area contributed by atoms with E-state index in [4.69, 9.17) is 9.84 Å². The van der Waals surface area contributed by atoms with E-state index in [0.29, 0.717) is 0 Å².